The highest BCUT2D eigenvalue weighted by Crippen LogP contribution is 2.34. The molecule has 0 amide bonds. The van der Waals surface area contributed by atoms with Crippen molar-refractivity contribution in [2.75, 3.05) is 11.9 Å². The van der Waals surface area contributed by atoms with E-state index in [4.69, 9.17) is 22.0 Å². The molecule has 0 bridgehead atoms. The molecule has 0 spiro atoms. The van der Waals surface area contributed by atoms with Crippen LogP contribution in [0, 0.1) is 13.5 Å². The number of fused-ring (bicyclic) bond motifs is 1. The SMILES string of the molecule is [C-]#[N+]c1ccc2c(-c3nc(N[C@H]4CCC[C@@H]4N)ncc3C)cn(COCC[Si](C)(C)C)c2c1. The Morgan fingerprint density at radius 1 is 1.30 bits per heavy atom. The van der Waals surface area contributed by atoms with Gasteiger partial charge in [0.25, 0.3) is 0 Å². The molecule has 0 saturated heterocycles. The molecular weight excluding hydrogens is 428 g/mol. The number of hydrogen-bond donors (Lipinski definition) is 2. The number of anilines is 1. The number of aryl methyl sites for hydroxylation is 1. The Morgan fingerprint density at radius 2 is 2.12 bits per heavy atom. The van der Waals surface area contributed by atoms with Gasteiger partial charge in [0.1, 0.15) is 6.73 Å². The van der Waals surface area contributed by atoms with E-state index in [2.05, 4.69) is 45.6 Å². The molecule has 1 aliphatic rings. The van der Waals surface area contributed by atoms with Gasteiger partial charge in [0.05, 0.1) is 12.3 Å². The van der Waals surface area contributed by atoms with Gasteiger partial charge in [-0.05, 0) is 43.9 Å². The molecule has 174 valence electrons. The first-order chi connectivity index (χ1) is 15.7. The minimum Gasteiger partial charge on any atom is -0.361 e. The lowest BCUT2D eigenvalue weighted by molar-refractivity contribution is 0.0903. The molecule has 0 unspecified atom stereocenters. The summed E-state index contributed by atoms with van der Waals surface area (Å²) >= 11 is 0. The lowest BCUT2D eigenvalue weighted by Gasteiger charge is -2.17. The Hall–Kier alpha value is -2.73. The van der Waals surface area contributed by atoms with Gasteiger partial charge in [-0.15, -0.1) is 0 Å². The molecule has 0 aliphatic heterocycles. The van der Waals surface area contributed by atoms with Crippen molar-refractivity contribution in [2.45, 2.75) is 70.7 Å². The van der Waals surface area contributed by atoms with Crippen LogP contribution in [0.15, 0.2) is 30.6 Å². The van der Waals surface area contributed by atoms with Crippen LogP contribution < -0.4 is 11.1 Å². The maximum atomic E-state index is 7.43. The average Bonchev–Trinajstić information content (AvgIpc) is 3.34. The molecule has 1 aliphatic carbocycles. The predicted molar refractivity (Wildman–Crippen MR) is 137 cm³/mol. The van der Waals surface area contributed by atoms with Crippen molar-refractivity contribution in [3.8, 4) is 11.3 Å². The lowest BCUT2D eigenvalue weighted by atomic mass is 10.1. The molecule has 2 aromatic heterocycles. The maximum absolute atomic E-state index is 7.43. The average molecular weight is 463 g/mol. The van der Waals surface area contributed by atoms with E-state index in [-0.39, 0.29) is 12.1 Å². The summed E-state index contributed by atoms with van der Waals surface area (Å²) in [4.78, 5) is 13.0. The van der Waals surface area contributed by atoms with Crippen LogP contribution in [0.1, 0.15) is 24.8 Å². The van der Waals surface area contributed by atoms with E-state index in [1.165, 1.54) is 0 Å². The van der Waals surface area contributed by atoms with Crippen LogP contribution >= 0.6 is 0 Å². The Morgan fingerprint density at radius 3 is 2.82 bits per heavy atom. The second-order valence-corrected chi connectivity index (χ2v) is 15.9. The number of nitrogens with one attached hydrogen (secondary N) is 1. The van der Waals surface area contributed by atoms with Crippen LogP contribution in [0.3, 0.4) is 0 Å². The second kappa shape index (κ2) is 9.63. The normalized spacial score (nSPS) is 18.5. The fourth-order valence-corrected chi connectivity index (χ4v) is 5.06. The van der Waals surface area contributed by atoms with E-state index in [0.717, 1.165) is 59.6 Å². The predicted octanol–water partition coefficient (Wildman–Crippen LogP) is 5.56. The summed E-state index contributed by atoms with van der Waals surface area (Å²) in [6.45, 7) is 17.7. The first-order valence-electron chi connectivity index (χ1n) is 11.7. The highest BCUT2D eigenvalue weighted by Gasteiger charge is 2.25. The highest BCUT2D eigenvalue weighted by molar-refractivity contribution is 6.76. The molecule has 0 radical (unpaired) electrons. The third kappa shape index (κ3) is 5.44. The molecule has 1 saturated carbocycles. The van der Waals surface area contributed by atoms with E-state index in [1.54, 1.807) is 0 Å². The fraction of sp³-hybridized carbons (Fsp3) is 0.480. The molecule has 8 heteroatoms. The van der Waals surface area contributed by atoms with Crippen molar-refractivity contribution in [3.05, 3.63) is 47.6 Å². The topological polar surface area (TPSA) is 82.4 Å². The zero-order valence-electron chi connectivity index (χ0n) is 20.1. The minimum atomic E-state index is -1.15. The largest absolute Gasteiger partial charge is 0.361 e. The van der Waals surface area contributed by atoms with Gasteiger partial charge in [0, 0.05) is 55.6 Å². The van der Waals surface area contributed by atoms with E-state index in [1.807, 2.05) is 31.3 Å². The van der Waals surface area contributed by atoms with Crippen molar-refractivity contribution in [2.24, 2.45) is 5.73 Å². The van der Waals surface area contributed by atoms with E-state index in [9.17, 15) is 0 Å². The Bertz CT molecular complexity index is 1180. The van der Waals surface area contributed by atoms with Crippen LogP contribution in [0.4, 0.5) is 11.6 Å². The van der Waals surface area contributed by atoms with Gasteiger partial charge in [0.2, 0.25) is 5.95 Å². The summed E-state index contributed by atoms with van der Waals surface area (Å²) in [5, 5.41) is 4.50. The number of nitrogens with two attached hydrogens (primary N) is 1. The Balaban J connectivity index is 1.67. The van der Waals surface area contributed by atoms with Crippen LogP contribution in [0.5, 0.6) is 0 Å². The zero-order valence-corrected chi connectivity index (χ0v) is 21.1. The molecule has 7 nitrogen and oxygen atoms in total. The Kier molecular flexibility index (Phi) is 6.84. The molecule has 3 N–H and O–H groups in total. The standard InChI is InChI=1S/C25H34N6OSi/c1-17-14-28-25(29-22-8-6-7-21(22)26)30-24(17)20-15-31(16-32-11-12-33(3,4)5)23-13-18(27-2)9-10-19(20)23/h9-10,13-15,21-22H,6-8,11-12,16,26H2,1,3-5H3,(H,28,29,30)/t21-,22-/m0/s1. The first kappa shape index (κ1) is 23.4. The van der Waals surface area contributed by atoms with Crippen LogP contribution in [0.2, 0.25) is 25.7 Å². The summed E-state index contributed by atoms with van der Waals surface area (Å²) in [6.07, 6.45) is 7.16. The molecule has 2 atom stereocenters. The van der Waals surface area contributed by atoms with E-state index in [0.29, 0.717) is 18.4 Å². The smallest absolute Gasteiger partial charge is 0.223 e. The number of hydrogen-bond acceptors (Lipinski definition) is 5. The summed E-state index contributed by atoms with van der Waals surface area (Å²) in [5.74, 6) is 0.614. The zero-order chi connectivity index (χ0) is 23.6. The van der Waals surface area contributed by atoms with Crippen LogP contribution in [-0.4, -0.2) is 41.3 Å². The summed E-state index contributed by atoms with van der Waals surface area (Å²) in [7, 11) is -1.15. The molecule has 3 aromatic rings. The third-order valence-electron chi connectivity index (χ3n) is 6.33. The monoisotopic (exact) mass is 462 g/mol. The minimum absolute atomic E-state index is 0.139. The van der Waals surface area contributed by atoms with Crippen LogP contribution in [-0.2, 0) is 11.5 Å². The van der Waals surface area contributed by atoms with E-state index >= 15 is 0 Å². The molecule has 1 aromatic carbocycles. The molecule has 33 heavy (non-hydrogen) atoms. The van der Waals surface area contributed by atoms with Crippen molar-refractivity contribution in [1.29, 1.82) is 0 Å². The molecular formula is C25H34N6OSi. The van der Waals surface area contributed by atoms with Gasteiger partial charge in [-0.1, -0.05) is 31.8 Å². The van der Waals surface area contributed by atoms with Gasteiger partial charge in [-0.2, -0.15) is 0 Å². The number of aromatic nitrogens is 3. The van der Waals surface area contributed by atoms with Gasteiger partial charge in [-0.3, -0.25) is 0 Å². The summed E-state index contributed by atoms with van der Waals surface area (Å²) in [6, 6.07) is 7.28. The van der Waals surface area contributed by atoms with Gasteiger partial charge in [0.15, 0.2) is 5.69 Å². The van der Waals surface area contributed by atoms with E-state index < -0.39 is 8.07 Å². The van der Waals surface area contributed by atoms with Crippen molar-refractivity contribution < 1.29 is 4.74 Å². The summed E-state index contributed by atoms with van der Waals surface area (Å²) < 4.78 is 8.13. The van der Waals surface area contributed by atoms with Gasteiger partial charge in [-0.25, -0.2) is 14.8 Å². The highest BCUT2D eigenvalue weighted by atomic mass is 28.3. The van der Waals surface area contributed by atoms with Crippen molar-refractivity contribution in [1.82, 2.24) is 14.5 Å². The first-order valence-corrected chi connectivity index (χ1v) is 15.4. The molecule has 2 heterocycles. The number of ether oxygens (including phenoxy) is 1. The van der Waals surface area contributed by atoms with Gasteiger partial charge >= 0.3 is 0 Å². The number of nitrogens with zero attached hydrogens (tertiary/aromatic N) is 4. The number of rotatable bonds is 8. The third-order valence-corrected chi connectivity index (χ3v) is 8.04. The molecule has 1 fully saturated rings. The lowest BCUT2D eigenvalue weighted by Crippen LogP contribution is -2.35. The Labute approximate surface area is 197 Å². The maximum Gasteiger partial charge on any atom is 0.223 e. The van der Waals surface area contributed by atoms with Crippen molar-refractivity contribution in [3.63, 3.8) is 0 Å². The quantitative estimate of drug-likeness (QED) is 0.260. The van der Waals surface area contributed by atoms with Gasteiger partial charge < -0.3 is 20.4 Å². The van der Waals surface area contributed by atoms with Crippen molar-refractivity contribution >= 4 is 30.6 Å². The molecule has 4 rings (SSSR count). The number of benzene rings is 1. The summed E-state index contributed by atoms with van der Waals surface area (Å²) in [5.41, 5.74) is 10.8. The fourth-order valence-electron chi connectivity index (χ4n) is 4.30. The second-order valence-electron chi connectivity index (χ2n) is 10.2. The van der Waals surface area contributed by atoms with Crippen LogP contribution in [0.25, 0.3) is 27.0 Å².